The van der Waals surface area contributed by atoms with Crippen LogP contribution in [0.5, 0.6) is 0 Å². The average Bonchev–Trinajstić information content (AvgIpc) is 3.13. The Hall–Kier alpha value is -2.31. The monoisotopic (exact) mass is 411 g/mol. The molecule has 0 aromatic heterocycles. The number of carbonyl (C=O) groups is 2. The fourth-order valence-corrected chi connectivity index (χ4v) is 5.80. The molecule has 5 atom stereocenters. The first kappa shape index (κ1) is 20.0. The normalized spacial score (nSPS) is 26.6. The second-order valence-electron chi connectivity index (χ2n) is 7.59. The molecule has 2 saturated heterocycles. The number of rotatable bonds is 7. The highest BCUT2D eigenvalue weighted by molar-refractivity contribution is 7.92. The van der Waals surface area contributed by atoms with Gasteiger partial charge in [-0.2, -0.15) is 0 Å². The zero-order valence-corrected chi connectivity index (χ0v) is 17.2. The number of fused-ring (bicyclic) bond motifs is 1. The van der Waals surface area contributed by atoms with Gasteiger partial charge in [0, 0.05) is 12.5 Å². The van der Waals surface area contributed by atoms with Gasteiger partial charge < -0.3 is 14.2 Å². The first-order valence-corrected chi connectivity index (χ1v) is 11.4. The van der Waals surface area contributed by atoms with Crippen LogP contribution in [-0.4, -0.2) is 44.4 Å². The van der Waals surface area contributed by atoms with Crippen molar-refractivity contribution in [1.82, 2.24) is 4.90 Å². The number of hydrogen-bond donors (Lipinski definition) is 0. The third-order valence-corrected chi connectivity index (χ3v) is 7.60. The van der Waals surface area contributed by atoms with E-state index in [1.165, 1.54) is 0 Å². The first-order chi connectivity index (χ1) is 14.1. The molecule has 2 fully saturated rings. The smallest absolute Gasteiger partial charge is 0.334 e. The summed E-state index contributed by atoms with van der Waals surface area (Å²) in [6.45, 7) is 2.00. The fraction of sp³-hybridized carbons (Fsp3) is 0.391. The molecule has 0 N–H and O–H groups in total. The predicted molar refractivity (Wildman–Crippen MR) is 111 cm³/mol. The van der Waals surface area contributed by atoms with E-state index in [9.17, 15) is 14.1 Å². The molecule has 6 heteroatoms. The second kappa shape index (κ2) is 8.59. The van der Waals surface area contributed by atoms with E-state index < -0.39 is 23.2 Å². The van der Waals surface area contributed by atoms with Crippen molar-refractivity contribution in [3.05, 3.63) is 71.8 Å². The van der Waals surface area contributed by atoms with E-state index in [1.54, 1.807) is 4.90 Å². The van der Waals surface area contributed by atoms with Crippen LogP contribution in [0.15, 0.2) is 60.7 Å². The van der Waals surface area contributed by atoms with Gasteiger partial charge in [0.05, 0.1) is 5.92 Å². The minimum atomic E-state index is -1.17. The molecule has 0 saturated carbocycles. The molecule has 5 unspecified atom stereocenters. The van der Waals surface area contributed by atoms with Crippen LogP contribution in [0.25, 0.3) is 0 Å². The molecule has 2 aliphatic heterocycles. The lowest BCUT2D eigenvalue weighted by Crippen LogP contribution is -2.63. The zero-order valence-electron chi connectivity index (χ0n) is 16.4. The topological polar surface area (TPSA) is 69.7 Å². The van der Waals surface area contributed by atoms with E-state index in [4.69, 9.17) is 4.74 Å². The van der Waals surface area contributed by atoms with E-state index in [1.807, 2.05) is 67.6 Å². The Labute approximate surface area is 174 Å². The van der Waals surface area contributed by atoms with Gasteiger partial charge in [0.15, 0.2) is 6.04 Å². The van der Waals surface area contributed by atoms with Crippen LogP contribution in [0.3, 0.4) is 0 Å². The molecular weight excluding hydrogens is 386 g/mol. The van der Waals surface area contributed by atoms with Crippen LogP contribution >= 0.6 is 0 Å². The van der Waals surface area contributed by atoms with Gasteiger partial charge in [-0.05, 0) is 35.6 Å². The molecular formula is C23H25NO4S. The summed E-state index contributed by atoms with van der Waals surface area (Å²) in [5.74, 6) is -0.169. The van der Waals surface area contributed by atoms with Gasteiger partial charge in [0.2, 0.25) is 5.91 Å². The number of amides is 1. The lowest BCUT2D eigenvalue weighted by molar-refractivity contribution is -0.167. The highest BCUT2D eigenvalue weighted by atomic mass is 32.2. The summed E-state index contributed by atoms with van der Waals surface area (Å²) < 4.78 is 18.2. The van der Waals surface area contributed by atoms with Crippen molar-refractivity contribution < 1.29 is 18.9 Å². The Kier molecular flexibility index (Phi) is 5.92. The third kappa shape index (κ3) is 3.91. The van der Waals surface area contributed by atoms with Gasteiger partial charge in [-0.15, -0.1) is 0 Å². The van der Waals surface area contributed by atoms with E-state index in [0.717, 1.165) is 11.1 Å². The van der Waals surface area contributed by atoms with Crippen LogP contribution in [0.4, 0.5) is 0 Å². The average molecular weight is 412 g/mol. The van der Waals surface area contributed by atoms with Crippen molar-refractivity contribution in [2.24, 2.45) is 5.92 Å². The van der Waals surface area contributed by atoms with Gasteiger partial charge in [-0.1, -0.05) is 60.7 Å². The summed E-state index contributed by atoms with van der Waals surface area (Å²) in [5, 5.41) is -0.363. The standard InChI is InChI=1S/C23H25NO4S/c1-2-29(27)20-14-19-18(13-16-9-5-3-6-10-16)22(25)24(19)21(20)23(26)28-15-17-11-7-4-8-12-17/h3-12,18-21H,2,13-15H2,1H3. The van der Waals surface area contributed by atoms with Gasteiger partial charge >= 0.3 is 5.97 Å². The fourth-order valence-electron chi connectivity index (χ4n) is 4.43. The highest BCUT2D eigenvalue weighted by Gasteiger charge is 2.63. The molecule has 2 aromatic rings. The number of nitrogens with zero attached hydrogens (tertiary/aromatic N) is 1. The highest BCUT2D eigenvalue weighted by Crippen LogP contribution is 2.44. The number of β-lactam (4-membered cyclic amide) rings is 1. The summed E-state index contributed by atoms with van der Waals surface area (Å²) in [4.78, 5) is 27.4. The minimum Gasteiger partial charge on any atom is -0.616 e. The molecule has 152 valence electrons. The SMILES string of the molecule is CC[S+]([O-])C1CC2C(Cc3ccccc3)C(=O)N2C1C(=O)OCc1ccccc1. The van der Waals surface area contributed by atoms with E-state index in [2.05, 4.69) is 0 Å². The summed E-state index contributed by atoms with van der Waals surface area (Å²) >= 11 is -1.17. The molecule has 0 aliphatic carbocycles. The van der Waals surface area contributed by atoms with Crippen LogP contribution < -0.4 is 0 Å². The molecule has 29 heavy (non-hydrogen) atoms. The van der Waals surface area contributed by atoms with Crippen LogP contribution in [0, 0.1) is 5.92 Å². The van der Waals surface area contributed by atoms with E-state index in [0.29, 0.717) is 18.6 Å². The summed E-state index contributed by atoms with van der Waals surface area (Å²) in [5.41, 5.74) is 1.99. The Balaban J connectivity index is 1.48. The van der Waals surface area contributed by atoms with Crippen molar-refractivity contribution in [3.8, 4) is 0 Å². The number of hydrogen-bond acceptors (Lipinski definition) is 4. The van der Waals surface area contributed by atoms with Crippen molar-refractivity contribution in [3.63, 3.8) is 0 Å². The van der Waals surface area contributed by atoms with Crippen molar-refractivity contribution in [2.45, 2.75) is 43.7 Å². The molecule has 5 nitrogen and oxygen atoms in total. The Morgan fingerprint density at radius 3 is 2.34 bits per heavy atom. The summed E-state index contributed by atoms with van der Waals surface area (Å²) in [6, 6.07) is 18.6. The molecule has 2 aliphatic rings. The van der Waals surface area contributed by atoms with Gasteiger partial charge in [-0.25, -0.2) is 4.79 Å². The Morgan fingerprint density at radius 2 is 1.72 bits per heavy atom. The van der Waals surface area contributed by atoms with Gasteiger partial charge in [0.25, 0.3) is 0 Å². The van der Waals surface area contributed by atoms with Crippen molar-refractivity contribution in [2.75, 3.05) is 5.75 Å². The summed E-state index contributed by atoms with van der Waals surface area (Å²) in [6.07, 6.45) is 1.24. The molecule has 0 bridgehead atoms. The number of ether oxygens (including phenoxy) is 1. The summed E-state index contributed by atoms with van der Waals surface area (Å²) in [7, 11) is 0. The first-order valence-electron chi connectivity index (χ1n) is 10.0. The lowest BCUT2D eigenvalue weighted by atomic mass is 9.83. The van der Waals surface area contributed by atoms with Crippen molar-refractivity contribution >= 4 is 23.1 Å². The molecule has 4 rings (SSSR count). The molecule has 2 heterocycles. The second-order valence-corrected chi connectivity index (χ2v) is 9.54. The van der Waals surface area contributed by atoms with E-state index in [-0.39, 0.29) is 29.7 Å². The van der Waals surface area contributed by atoms with Crippen LogP contribution in [0.1, 0.15) is 24.5 Å². The maximum atomic E-state index is 12.9. The zero-order chi connectivity index (χ0) is 20.4. The molecule has 0 spiro atoms. The number of benzene rings is 2. The third-order valence-electron chi connectivity index (χ3n) is 5.91. The van der Waals surface area contributed by atoms with E-state index >= 15 is 0 Å². The Bertz CT molecular complexity index is 860. The number of carbonyl (C=O) groups excluding carboxylic acids is 2. The van der Waals surface area contributed by atoms with Crippen LogP contribution in [-0.2, 0) is 38.5 Å². The molecule has 1 amide bonds. The lowest BCUT2D eigenvalue weighted by Gasteiger charge is -2.44. The number of esters is 1. The molecule has 2 aromatic carbocycles. The minimum absolute atomic E-state index is 0.0314. The quantitative estimate of drug-likeness (QED) is 0.399. The predicted octanol–water partition coefficient (Wildman–Crippen LogP) is 2.71. The maximum absolute atomic E-state index is 12.9. The van der Waals surface area contributed by atoms with Crippen LogP contribution in [0.2, 0.25) is 0 Å². The largest absolute Gasteiger partial charge is 0.616 e. The van der Waals surface area contributed by atoms with Crippen molar-refractivity contribution in [1.29, 1.82) is 0 Å². The van der Waals surface area contributed by atoms with Gasteiger partial charge in [0.1, 0.15) is 17.6 Å². The Morgan fingerprint density at radius 1 is 1.10 bits per heavy atom. The maximum Gasteiger partial charge on any atom is 0.334 e. The molecule has 0 radical (unpaired) electrons. The van der Waals surface area contributed by atoms with Gasteiger partial charge in [-0.3, -0.25) is 4.79 Å².